The van der Waals surface area contributed by atoms with E-state index in [0.717, 1.165) is 16.7 Å². The van der Waals surface area contributed by atoms with Crippen molar-refractivity contribution in [3.63, 3.8) is 0 Å². The molecule has 0 bridgehead atoms. The smallest absolute Gasteiger partial charge is 0.376 e. The van der Waals surface area contributed by atoms with Gasteiger partial charge >= 0.3 is 7.60 Å². The highest BCUT2D eigenvalue weighted by molar-refractivity contribution is 7.58. The molecule has 1 aromatic heterocycles. The van der Waals surface area contributed by atoms with Crippen LogP contribution in [0.1, 0.15) is 19.4 Å². The van der Waals surface area contributed by atoms with Crippen LogP contribution >= 0.6 is 7.60 Å². The van der Waals surface area contributed by atoms with Crippen LogP contribution < -0.4 is 5.73 Å². The molecule has 0 aliphatic heterocycles. The number of nitrogens with zero attached hydrogens (tertiary/aromatic N) is 1. The van der Waals surface area contributed by atoms with E-state index in [1.165, 1.54) is 0 Å². The standard InChI is InChI=1S/C17H21N2O3P/c1-3-21-23(20,22-4-2)17(18)13-14-5-7-15(8-6-14)16-9-11-19-12-10-16/h5-13H,3-4,18H2,1-2H3/b17-13+. The minimum Gasteiger partial charge on any atom is -0.392 e. The molecule has 1 heterocycles. The van der Waals surface area contributed by atoms with E-state index in [4.69, 9.17) is 14.8 Å². The summed E-state index contributed by atoms with van der Waals surface area (Å²) in [4.78, 5) is 4.00. The molecule has 2 rings (SSSR count). The van der Waals surface area contributed by atoms with Crippen molar-refractivity contribution in [2.24, 2.45) is 5.73 Å². The molecule has 1 aromatic carbocycles. The van der Waals surface area contributed by atoms with Crippen molar-refractivity contribution in [2.75, 3.05) is 13.2 Å². The number of aromatic nitrogens is 1. The SMILES string of the molecule is CCOP(=O)(OCC)/C(N)=C/c1ccc(-c2ccncc2)cc1. The summed E-state index contributed by atoms with van der Waals surface area (Å²) in [6.07, 6.45) is 5.13. The number of nitrogens with two attached hydrogens (primary N) is 1. The molecule has 0 atom stereocenters. The predicted octanol–water partition coefficient (Wildman–Crippen LogP) is 4.27. The topological polar surface area (TPSA) is 74.4 Å². The third-order valence-corrected chi connectivity index (χ3v) is 5.11. The Kier molecular flexibility index (Phi) is 6.11. The Morgan fingerprint density at radius 2 is 1.57 bits per heavy atom. The van der Waals surface area contributed by atoms with Crippen molar-refractivity contribution in [1.29, 1.82) is 0 Å². The van der Waals surface area contributed by atoms with Gasteiger partial charge in [0.25, 0.3) is 0 Å². The van der Waals surface area contributed by atoms with E-state index in [1.807, 2.05) is 36.4 Å². The second-order valence-electron chi connectivity index (χ2n) is 4.76. The van der Waals surface area contributed by atoms with E-state index in [-0.39, 0.29) is 18.7 Å². The minimum absolute atomic E-state index is 0.109. The third kappa shape index (κ3) is 4.52. The van der Waals surface area contributed by atoms with Gasteiger partial charge in [-0.3, -0.25) is 9.55 Å². The second-order valence-corrected chi connectivity index (χ2v) is 6.79. The summed E-state index contributed by atoms with van der Waals surface area (Å²) in [6, 6.07) is 11.6. The molecule has 23 heavy (non-hydrogen) atoms. The Bertz CT molecular complexity index is 690. The minimum atomic E-state index is -3.42. The van der Waals surface area contributed by atoms with Gasteiger partial charge in [0.2, 0.25) is 0 Å². The zero-order valence-electron chi connectivity index (χ0n) is 13.3. The van der Waals surface area contributed by atoms with Gasteiger partial charge in [0, 0.05) is 12.4 Å². The highest BCUT2D eigenvalue weighted by Crippen LogP contribution is 2.54. The summed E-state index contributed by atoms with van der Waals surface area (Å²) >= 11 is 0. The number of pyridine rings is 1. The number of benzene rings is 1. The zero-order chi connectivity index (χ0) is 16.7. The first-order valence-corrected chi connectivity index (χ1v) is 9.00. The van der Waals surface area contributed by atoms with Gasteiger partial charge in [0.15, 0.2) is 0 Å². The fourth-order valence-corrected chi connectivity index (χ4v) is 3.45. The van der Waals surface area contributed by atoms with E-state index in [9.17, 15) is 4.57 Å². The second kappa shape index (κ2) is 8.06. The molecule has 0 amide bonds. The van der Waals surface area contributed by atoms with Gasteiger partial charge in [-0.25, -0.2) is 0 Å². The Morgan fingerprint density at radius 1 is 1.04 bits per heavy atom. The molecule has 0 spiro atoms. The molecule has 0 unspecified atom stereocenters. The van der Waals surface area contributed by atoms with Crippen LogP contribution in [0.5, 0.6) is 0 Å². The molecule has 2 aromatic rings. The highest BCUT2D eigenvalue weighted by atomic mass is 31.2. The Balaban J connectivity index is 2.23. The van der Waals surface area contributed by atoms with Gasteiger partial charge in [0.1, 0.15) is 5.44 Å². The van der Waals surface area contributed by atoms with Gasteiger partial charge in [-0.05, 0) is 48.7 Å². The lowest BCUT2D eigenvalue weighted by atomic mass is 10.1. The summed E-state index contributed by atoms with van der Waals surface area (Å²) in [5, 5.41) is 0. The van der Waals surface area contributed by atoms with Gasteiger partial charge in [0.05, 0.1) is 13.2 Å². The molecular formula is C17H21N2O3P. The summed E-state index contributed by atoms with van der Waals surface area (Å²) in [7, 11) is -3.42. The van der Waals surface area contributed by atoms with Crippen molar-refractivity contribution in [2.45, 2.75) is 13.8 Å². The highest BCUT2D eigenvalue weighted by Gasteiger charge is 2.27. The zero-order valence-corrected chi connectivity index (χ0v) is 14.2. The van der Waals surface area contributed by atoms with Crippen molar-refractivity contribution < 1.29 is 13.6 Å². The van der Waals surface area contributed by atoms with Crippen LogP contribution in [0.4, 0.5) is 0 Å². The monoisotopic (exact) mass is 332 g/mol. The normalized spacial score (nSPS) is 12.3. The van der Waals surface area contributed by atoms with Crippen LogP contribution in [0, 0.1) is 0 Å². The van der Waals surface area contributed by atoms with Crippen LogP contribution in [0.3, 0.4) is 0 Å². The first-order chi connectivity index (χ1) is 11.1. The lowest BCUT2D eigenvalue weighted by molar-refractivity contribution is 0.226. The van der Waals surface area contributed by atoms with Crippen LogP contribution in [0.15, 0.2) is 54.2 Å². The summed E-state index contributed by atoms with van der Waals surface area (Å²) in [5.74, 6) is 0. The fourth-order valence-electron chi connectivity index (χ4n) is 2.09. The lowest BCUT2D eigenvalue weighted by Crippen LogP contribution is -2.05. The summed E-state index contributed by atoms with van der Waals surface area (Å²) in [6.45, 7) is 4.05. The predicted molar refractivity (Wildman–Crippen MR) is 92.7 cm³/mol. The van der Waals surface area contributed by atoms with E-state index in [0.29, 0.717) is 0 Å². The fraction of sp³-hybridized carbons (Fsp3) is 0.235. The molecule has 0 saturated carbocycles. The summed E-state index contributed by atoms with van der Waals surface area (Å²) < 4.78 is 23.0. The van der Waals surface area contributed by atoms with E-state index < -0.39 is 7.60 Å². The Labute approximate surface area is 136 Å². The number of hydrogen-bond donors (Lipinski definition) is 1. The van der Waals surface area contributed by atoms with Gasteiger partial charge in [-0.2, -0.15) is 0 Å². The van der Waals surface area contributed by atoms with E-state index in [2.05, 4.69) is 4.98 Å². The lowest BCUT2D eigenvalue weighted by Gasteiger charge is -2.17. The largest absolute Gasteiger partial charge is 0.392 e. The first kappa shape index (κ1) is 17.4. The molecule has 0 saturated heterocycles. The average molecular weight is 332 g/mol. The maximum absolute atomic E-state index is 12.6. The van der Waals surface area contributed by atoms with Crippen molar-refractivity contribution in [1.82, 2.24) is 4.98 Å². The Hall–Kier alpha value is -1.94. The van der Waals surface area contributed by atoms with E-state index in [1.54, 1.807) is 32.3 Å². The number of hydrogen-bond acceptors (Lipinski definition) is 5. The first-order valence-electron chi connectivity index (χ1n) is 7.46. The molecule has 0 radical (unpaired) electrons. The quantitative estimate of drug-likeness (QED) is 0.766. The Morgan fingerprint density at radius 3 is 2.09 bits per heavy atom. The maximum Gasteiger partial charge on any atom is 0.376 e. The third-order valence-electron chi connectivity index (χ3n) is 3.15. The molecule has 6 heteroatoms. The van der Waals surface area contributed by atoms with Crippen LogP contribution in [0.25, 0.3) is 17.2 Å². The van der Waals surface area contributed by atoms with Crippen molar-refractivity contribution >= 4 is 13.7 Å². The molecule has 122 valence electrons. The maximum atomic E-state index is 12.6. The van der Waals surface area contributed by atoms with E-state index >= 15 is 0 Å². The molecule has 2 N–H and O–H groups in total. The molecule has 0 fully saturated rings. The van der Waals surface area contributed by atoms with Crippen LogP contribution in [0.2, 0.25) is 0 Å². The molecular weight excluding hydrogens is 311 g/mol. The van der Waals surface area contributed by atoms with Crippen molar-refractivity contribution in [3.05, 3.63) is 59.8 Å². The van der Waals surface area contributed by atoms with Crippen molar-refractivity contribution in [3.8, 4) is 11.1 Å². The van der Waals surface area contributed by atoms with Crippen LogP contribution in [-0.2, 0) is 13.6 Å². The van der Waals surface area contributed by atoms with Gasteiger partial charge in [-0.1, -0.05) is 24.3 Å². The van der Waals surface area contributed by atoms with Crippen LogP contribution in [-0.4, -0.2) is 18.2 Å². The average Bonchev–Trinajstić information content (AvgIpc) is 2.57. The molecule has 0 aliphatic rings. The number of rotatable bonds is 7. The van der Waals surface area contributed by atoms with Gasteiger partial charge in [-0.15, -0.1) is 0 Å². The summed E-state index contributed by atoms with van der Waals surface area (Å²) in [5.41, 5.74) is 9.04. The molecule has 0 aliphatic carbocycles. The van der Waals surface area contributed by atoms with Gasteiger partial charge < -0.3 is 14.8 Å². The molecule has 5 nitrogen and oxygen atoms in total.